The van der Waals surface area contributed by atoms with Crippen molar-refractivity contribution in [3.8, 4) is 5.75 Å². The Morgan fingerprint density at radius 3 is 2.53 bits per heavy atom. The lowest BCUT2D eigenvalue weighted by atomic mass is 9.84. The molecule has 1 aliphatic heterocycles. The molecule has 0 amide bonds. The molecule has 1 aromatic rings. The Balaban J connectivity index is 2.48. The van der Waals surface area contributed by atoms with Gasteiger partial charge in [0.15, 0.2) is 0 Å². The molecule has 1 unspecified atom stereocenters. The summed E-state index contributed by atoms with van der Waals surface area (Å²) in [5.74, 6) is 1.47. The molecule has 0 bridgehead atoms. The van der Waals surface area contributed by atoms with Gasteiger partial charge in [-0.3, -0.25) is 0 Å². The SMILES string of the molecule is COc1cc(C)c(C2(C)CNCCN2)cc1C(C)C. The molecule has 106 valence electrons. The number of rotatable bonds is 3. The number of benzene rings is 1. The Hall–Kier alpha value is -1.06. The van der Waals surface area contributed by atoms with Crippen LogP contribution in [-0.4, -0.2) is 26.7 Å². The van der Waals surface area contributed by atoms with E-state index in [9.17, 15) is 0 Å². The predicted molar refractivity (Wildman–Crippen MR) is 80.0 cm³/mol. The number of ether oxygens (including phenoxy) is 1. The van der Waals surface area contributed by atoms with Gasteiger partial charge in [0.25, 0.3) is 0 Å². The summed E-state index contributed by atoms with van der Waals surface area (Å²) in [7, 11) is 1.75. The Morgan fingerprint density at radius 1 is 1.26 bits per heavy atom. The second-order valence-corrected chi connectivity index (χ2v) is 6.00. The monoisotopic (exact) mass is 262 g/mol. The third kappa shape index (κ3) is 2.77. The van der Waals surface area contributed by atoms with Crippen LogP contribution in [0.4, 0.5) is 0 Å². The highest BCUT2D eigenvalue weighted by Crippen LogP contribution is 2.34. The van der Waals surface area contributed by atoms with Gasteiger partial charge in [-0.2, -0.15) is 0 Å². The van der Waals surface area contributed by atoms with Gasteiger partial charge in [0, 0.05) is 19.6 Å². The minimum atomic E-state index is 0.0121. The molecule has 1 heterocycles. The molecular weight excluding hydrogens is 236 g/mol. The standard InChI is InChI=1S/C16H26N2O/c1-11(2)13-9-14(12(3)8-15(13)19-5)16(4)10-17-6-7-18-16/h8-9,11,17-18H,6-7,10H2,1-5H3. The Kier molecular flexibility index (Phi) is 4.16. The maximum absolute atomic E-state index is 5.53. The van der Waals surface area contributed by atoms with Gasteiger partial charge in [-0.25, -0.2) is 0 Å². The molecule has 3 heteroatoms. The quantitative estimate of drug-likeness (QED) is 0.878. The van der Waals surface area contributed by atoms with E-state index in [0.29, 0.717) is 5.92 Å². The van der Waals surface area contributed by atoms with Crippen LogP contribution in [0.2, 0.25) is 0 Å². The lowest BCUT2D eigenvalue weighted by Crippen LogP contribution is -2.55. The summed E-state index contributed by atoms with van der Waals surface area (Å²) in [5.41, 5.74) is 3.97. The van der Waals surface area contributed by atoms with Gasteiger partial charge in [0.2, 0.25) is 0 Å². The van der Waals surface area contributed by atoms with Crippen molar-refractivity contribution in [3.63, 3.8) is 0 Å². The molecule has 3 nitrogen and oxygen atoms in total. The molecule has 2 rings (SSSR count). The molecule has 0 aliphatic carbocycles. The second-order valence-electron chi connectivity index (χ2n) is 6.00. The first kappa shape index (κ1) is 14.4. The highest BCUT2D eigenvalue weighted by molar-refractivity contribution is 5.46. The summed E-state index contributed by atoms with van der Waals surface area (Å²) < 4.78 is 5.53. The third-order valence-electron chi connectivity index (χ3n) is 4.09. The van der Waals surface area contributed by atoms with Gasteiger partial charge in [0.1, 0.15) is 5.75 Å². The Labute approximate surface area is 116 Å². The van der Waals surface area contributed by atoms with Crippen molar-refractivity contribution in [2.45, 2.75) is 39.2 Å². The first-order chi connectivity index (χ1) is 8.98. The second kappa shape index (κ2) is 5.51. The molecule has 1 atom stereocenters. The first-order valence-corrected chi connectivity index (χ1v) is 7.12. The van der Waals surface area contributed by atoms with Crippen molar-refractivity contribution in [2.75, 3.05) is 26.7 Å². The van der Waals surface area contributed by atoms with Crippen molar-refractivity contribution in [1.29, 1.82) is 0 Å². The van der Waals surface area contributed by atoms with Crippen LogP contribution in [0.3, 0.4) is 0 Å². The number of methoxy groups -OCH3 is 1. The van der Waals surface area contributed by atoms with Gasteiger partial charge in [-0.05, 0) is 48.6 Å². The van der Waals surface area contributed by atoms with Gasteiger partial charge in [0.05, 0.1) is 12.6 Å². The van der Waals surface area contributed by atoms with Crippen molar-refractivity contribution in [3.05, 3.63) is 28.8 Å². The summed E-state index contributed by atoms with van der Waals surface area (Å²) in [4.78, 5) is 0. The van der Waals surface area contributed by atoms with E-state index in [1.165, 1.54) is 16.7 Å². The first-order valence-electron chi connectivity index (χ1n) is 7.12. The molecule has 0 saturated carbocycles. The fraction of sp³-hybridized carbons (Fsp3) is 0.625. The molecule has 0 aromatic heterocycles. The highest BCUT2D eigenvalue weighted by atomic mass is 16.5. The van der Waals surface area contributed by atoms with E-state index in [2.05, 4.69) is 50.5 Å². The van der Waals surface area contributed by atoms with Crippen LogP contribution in [0.5, 0.6) is 5.75 Å². The zero-order valence-corrected chi connectivity index (χ0v) is 12.8. The summed E-state index contributed by atoms with van der Waals surface area (Å²) in [6.07, 6.45) is 0. The Bertz CT molecular complexity index is 448. The van der Waals surface area contributed by atoms with E-state index in [1.54, 1.807) is 7.11 Å². The zero-order chi connectivity index (χ0) is 14.0. The predicted octanol–water partition coefficient (Wildman–Crippen LogP) is 2.54. The van der Waals surface area contributed by atoms with E-state index in [0.717, 1.165) is 25.4 Å². The van der Waals surface area contributed by atoms with Crippen LogP contribution in [0.15, 0.2) is 12.1 Å². The van der Waals surface area contributed by atoms with Gasteiger partial charge < -0.3 is 15.4 Å². The van der Waals surface area contributed by atoms with E-state index in [1.807, 2.05) is 0 Å². The lowest BCUT2D eigenvalue weighted by Gasteiger charge is -2.37. The molecule has 1 aliphatic rings. The fourth-order valence-electron chi connectivity index (χ4n) is 2.94. The molecule has 1 saturated heterocycles. The maximum Gasteiger partial charge on any atom is 0.122 e. The number of piperazine rings is 1. The summed E-state index contributed by atoms with van der Waals surface area (Å²) >= 11 is 0. The average molecular weight is 262 g/mol. The number of hydrogen-bond acceptors (Lipinski definition) is 3. The van der Waals surface area contributed by atoms with Crippen LogP contribution >= 0.6 is 0 Å². The van der Waals surface area contributed by atoms with Gasteiger partial charge >= 0.3 is 0 Å². The molecular formula is C16H26N2O. The average Bonchev–Trinajstić information content (AvgIpc) is 2.38. The maximum atomic E-state index is 5.53. The van der Waals surface area contributed by atoms with E-state index < -0.39 is 0 Å². The van der Waals surface area contributed by atoms with Crippen LogP contribution in [0, 0.1) is 6.92 Å². The number of nitrogens with one attached hydrogen (secondary N) is 2. The van der Waals surface area contributed by atoms with Crippen LogP contribution < -0.4 is 15.4 Å². The van der Waals surface area contributed by atoms with Crippen molar-refractivity contribution in [1.82, 2.24) is 10.6 Å². The molecule has 0 spiro atoms. The lowest BCUT2D eigenvalue weighted by molar-refractivity contribution is 0.301. The normalized spacial score (nSPS) is 23.7. The fourth-order valence-corrected chi connectivity index (χ4v) is 2.94. The van der Waals surface area contributed by atoms with Crippen LogP contribution in [0.25, 0.3) is 0 Å². The summed E-state index contributed by atoms with van der Waals surface area (Å²) in [5, 5.41) is 7.14. The topological polar surface area (TPSA) is 33.3 Å². The summed E-state index contributed by atoms with van der Waals surface area (Å²) in [6.45, 7) is 11.9. The van der Waals surface area contributed by atoms with E-state index >= 15 is 0 Å². The number of hydrogen-bond donors (Lipinski definition) is 2. The van der Waals surface area contributed by atoms with Gasteiger partial charge in [-0.15, -0.1) is 0 Å². The molecule has 1 aromatic carbocycles. The minimum Gasteiger partial charge on any atom is -0.496 e. The smallest absolute Gasteiger partial charge is 0.122 e. The van der Waals surface area contributed by atoms with Gasteiger partial charge in [-0.1, -0.05) is 13.8 Å². The third-order valence-corrected chi connectivity index (χ3v) is 4.09. The Morgan fingerprint density at radius 2 is 2.00 bits per heavy atom. The number of aryl methyl sites for hydroxylation is 1. The zero-order valence-electron chi connectivity index (χ0n) is 12.8. The van der Waals surface area contributed by atoms with Crippen molar-refractivity contribution in [2.24, 2.45) is 0 Å². The van der Waals surface area contributed by atoms with E-state index in [-0.39, 0.29) is 5.54 Å². The van der Waals surface area contributed by atoms with Crippen molar-refractivity contribution < 1.29 is 4.74 Å². The van der Waals surface area contributed by atoms with E-state index in [4.69, 9.17) is 4.74 Å². The largest absolute Gasteiger partial charge is 0.496 e. The minimum absolute atomic E-state index is 0.0121. The summed E-state index contributed by atoms with van der Waals surface area (Å²) in [6, 6.07) is 4.49. The molecule has 2 N–H and O–H groups in total. The molecule has 19 heavy (non-hydrogen) atoms. The molecule has 1 fully saturated rings. The van der Waals surface area contributed by atoms with Crippen molar-refractivity contribution >= 4 is 0 Å². The highest BCUT2D eigenvalue weighted by Gasteiger charge is 2.30. The molecule has 0 radical (unpaired) electrons. The van der Waals surface area contributed by atoms with Crippen LogP contribution in [-0.2, 0) is 5.54 Å². The van der Waals surface area contributed by atoms with Crippen LogP contribution in [0.1, 0.15) is 43.4 Å².